The van der Waals surface area contributed by atoms with E-state index in [4.69, 9.17) is 11.6 Å². The molecule has 1 aromatic carbocycles. The van der Waals surface area contributed by atoms with Crippen LogP contribution in [0.3, 0.4) is 0 Å². The van der Waals surface area contributed by atoms with Crippen LogP contribution in [0.1, 0.15) is 25.8 Å². The first-order valence-electron chi connectivity index (χ1n) is 7.13. The Bertz CT molecular complexity index is 488. The first-order chi connectivity index (χ1) is 9.79. The Hall–Kier alpha value is -0.940. The lowest BCUT2D eigenvalue weighted by Gasteiger charge is -2.24. The largest absolute Gasteiger partial charge is 0.418 e. The summed E-state index contributed by atoms with van der Waals surface area (Å²) in [6.45, 7) is 6.15. The van der Waals surface area contributed by atoms with Gasteiger partial charge in [0.15, 0.2) is 0 Å². The summed E-state index contributed by atoms with van der Waals surface area (Å²) in [6.07, 6.45) is -3.50. The second-order valence-electron chi connectivity index (χ2n) is 5.80. The lowest BCUT2D eigenvalue weighted by atomic mass is 10.1. The molecule has 2 rings (SSSR count). The van der Waals surface area contributed by atoms with Gasteiger partial charge in [-0.2, -0.15) is 13.2 Å². The van der Waals surface area contributed by atoms with Crippen LogP contribution in [-0.4, -0.2) is 25.7 Å². The SMILES string of the molecule is CC(C)NCC1CCN(c2c(Cl)cccc2C(F)(F)F)C1. The minimum atomic E-state index is -4.38. The van der Waals surface area contributed by atoms with Crippen molar-refractivity contribution in [1.82, 2.24) is 5.32 Å². The van der Waals surface area contributed by atoms with E-state index in [-0.39, 0.29) is 10.7 Å². The lowest BCUT2D eigenvalue weighted by molar-refractivity contribution is -0.137. The van der Waals surface area contributed by atoms with E-state index in [1.807, 2.05) is 0 Å². The third-order valence-corrected chi connectivity index (χ3v) is 4.01. The molecule has 2 nitrogen and oxygen atoms in total. The fourth-order valence-corrected chi connectivity index (χ4v) is 2.96. The highest BCUT2D eigenvalue weighted by molar-refractivity contribution is 6.33. The number of rotatable bonds is 4. The van der Waals surface area contributed by atoms with Gasteiger partial charge in [0, 0.05) is 19.1 Å². The van der Waals surface area contributed by atoms with Gasteiger partial charge in [-0.3, -0.25) is 0 Å². The van der Waals surface area contributed by atoms with Crippen LogP contribution >= 0.6 is 11.6 Å². The summed E-state index contributed by atoms with van der Waals surface area (Å²) < 4.78 is 39.4. The predicted molar refractivity (Wildman–Crippen MR) is 79.9 cm³/mol. The van der Waals surface area contributed by atoms with E-state index in [9.17, 15) is 13.2 Å². The number of benzene rings is 1. The predicted octanol–water partition coefficient (Wildman–Crippen LogP) is 4.18. The minimum Gasteiger partial charge on any atom is -0.369 e. The van der Waals surface area contributed by atoms with Gasteiger partial charge in [0.1, 0.15) is 0 Å². The average molecular weight is 321 g/mol. The Morgan fingerprint density at radius 1 is 1.38 bits per heavy atom. The zero-order chi connectivity index (χ0) is 15.6. The van der Waals surface area contributed by atoms with Crippen molar-refractivity contribution in [2.45, 2.75) is 32.5 Å². The van der Waals surface area contributed by atoms with E-state index < -0.39 is 11.7 Å². The fraction of sp³-hybridized carbons (Fsp3) is 0.600. The Morgan fingerprint density at radius 2 is 2.10 bits per heavy atom. The van der Waals surface area contributed by atoms with E-state index in [2.05, 4.69) is 19.2 Å². The van der Waals surface area contributed by atoms with E-state index >= 15 is 0 Å². The van der Waals surface area contributed by atoms with Gasteiger partial charge >= 0.3 is 6.18 Å². The molecule has 0 radical (unpaired) electrons. The Balaban J connectivity index is 2.16. The van der Waals surface area contributed by atoms with Gasteiger partial charge < -0.3 is 10.2 Å². The highest BCUT2D eigenvalue weighted by Gasteiger charge is 2.37. The molecule has 1 aromatic rings. The first kappa shape index (κ1) is 16.4. The molecule has 1 aliphatic heterocycles. The van der Waals surface area contributed by atoms with Gasteiger partial charge in [-0.15, -0.1) is 0 Å². The number of nitrogens with zero attached hydrogens (tertiary/aromatic N) is 1. The second kappa shape index (κ2) is 6.44. The summed E-state index contributed by atoms with van der Waals surface area (Å²) in [5.41, 5.74) is -0.522. The number of hydrogen-bond donors (Lipinski definition) is 1. The number of halogens is 4. The monoisotopic (exact) mass is 320 g/mol. The third kappa shape index (κ3) is 4.04. The minimum absolute atomic E-state index is 0.124. The molecule has 1 unspecified atom stereocenters. The molecular weight excluding hydrogens is 301 g/mol. The molecule has 21 heavy (non-hydrogen) atoms. The number of nitrogens with one attached hydrogen (secondary N) is 1. The zero-order valence-electron chi connectivity index (χ0n) is 12.2. The standard InChI is InChI=1S/C15H20ClF3N2/c1-10(2)20-8-11-6-7-21(9-11)14-12(15(17,18)19)4-3-5-13(14)16/h3-5,10-11,20H,6-9H2,1-2H3. The van der Waals surface area contributed by atoms with Crippen molar-refractivity contribution in [3.8, 4) is 0 Å². The maximum Gasteiger partial charge on any atom is 0.418 e. The first-order valence-corrected chi connectivity index (χ1v) is 7.51. The molecule has 118 valence electrons. The van der Waals surface area contributed by atoms with Gasteiger partial charge in [-0.25, -0.2) is 0 Å². The van der Waals surface area contributed by atoms with Crippen molar-refractivity contribution in [2.24, 2.45) is 5.92 Å². The molecule has 1 atom stereocenters. The molecule has 0 aromatic heterocycles. The van der Waals surface area contributed by atoms with Crippen molar-refractivity contribution in [1.29, 1.82) is 0 Å². The van der Waals surface area contributed by atoms with E-state index in [0.717, 1.165) is 19.0 Å². The van der Waals surface area contributed by atoms with Gasteiger partial charge in [0.2, 0.25) is 0 Å². The van der Waals surface area contributed by atoms with Crippen molar-refractivity contribution in [3.05, 3.63) is 28.8 Å². The van der Waals surface area contributed by atoms with Crippen molar-refractivity contribution in [3.63, 3.8) is 0 Å². The van der Waals surface area contributed by atoms with Crippen LogP contribution in [0.5, 0.6) is 0 Å². The number of para-hydroxylation sites is 1. The maximum absolute atomic E-state index is 13.1. The maximum atomic E-state index is 13.1. The summed E-state index contributed by atoms with van der Waals surface area (Å²) in [5.74, 6) is 0.352. The number of anilines is 1. The van der Waals surface area contributed by atoms with Crippen molar-refractivity contribution >= 4 is 17.3 Å². The topological polar surface area (TPSA) is 15.3 Å². The normalized spacial score (nSPS) is 19.6. The molecule has 1 fully saturated rings. The Morgan fingerprint density at radius 3 is 2.71 bits per heavy atom. The fourth-order valence-electron chi connectivity index (χ4n) is 2.67. The molecule has 1 heterocycles. The summed E-state index contributed by atoms with van der Waals surface area (Å²) in [4.78, 5) is 1.76. The van der Waals surface area contributed by atoms with Crippen LogP contribution in [0.2, 0.25) is 5.02 Å². The van der Waals surface area contributed by atoms with Crippen LogP contribution in [0.4, 0.5) is 18.9 Å². The smallest absolute Gasteiger partial charge is 0.369 e. The Kier molecular flexibility index (Phi) is 5.04. The van der Waals surface area contributed by atoms with Gasteiger partial charge in [-0.05, 0) is 31.0 Å². The number of hydrogen-bond acceptors (Lipinski definition) is 2. The third-order valence-electron chi connectivity index (χ3n) is 3.71. The molecule has 6 heteroatoms. The van der Waals surface area contributed by atoms with Crippen LogP contribution in [0.25, 0.3) is 0 Å². The molecule has 0 bridgehead atoms. The molecule has 1 saturated heterocycles. The van der Waals surface area contributed by atoms with Crippen LogP contribution in [-0.2, 0) is 6.18 Å². The number of alkyl halides is 3. The molecule has 0 amide bonds. The highest BCUT2D eigenvalue weighted by Crippen LogP contribution is 2.42. The Labute approximate surface area is 128 Å². The molecule has 1 N–H and O–H groups in total. The zero-order valence-corrected chi connectivity index (χ0v) is 12.9. The average Bonchev–Trinajstić information content (AvgIpc) is 2.83. The summed E-state index contributed by atoms with van der Waals surface area (Å²) >= 11 is 6.03. The van der Waals surface area contributed by atoms with Crippen LogP contribution < -0.4 is 10.2 Å². The summed E-state index contributed by atoms with van der Waals surface area (Å²) in [7, 11) is 0. The summed E-state index contributed by atoms with van der Waals surface area (Å²) in [6, 6.07) is 4.35. The van der Waals surface area contributed by atoms with E-state index in [1.165, 1.54) is 12.1 Å². The quantitative estimate of drug-likeness (QED) is 0.895. The molecule has 0 aliphatic carbocycles. The highest BCUT2D eigenvalue weighted by atomic mass is 35.5. The van der Waals surface area contributed by atoms with Crippen LogP contribution in [0, 0.1) is 5.92 Å². The van der Waals surface area contributed by atoms with Gasteiger partial charge in [0.25, 0.3) is 0 Å². The lowest BCUT2D eigenvalue weighted by Crippen LogP contribution is -2.31. The molecule has 0 spiro atoms. The molecule has 1 aliphatic rings. The van der Waals surface area contributed by atoms with Crippen molar-refractivity contribution < 1.29 is 13.2 Å². The van der Waals surface area contributed by atoms with Gasteiger partial charge in [-0.1, -0.05) is 31.5 Å². The van der Waals surface area contributed by atoms with E-state index in [0.29, 0.717) is 25.0 Å². The molecule has 0 saturated carbocycles. The van der Waals surface area contributed by atoms with Crippen LogP contribution in [0.15, 0.2) is 18.2 Å². The van der Waals surface area contributed by atoms with Gasteiger partial charge in [0.05, 0.1) is 16.3 Å². The van der Waals surface area contributed by atoms with Crippen molar-refractivity contribution in [2.75, 3.05) is 24.5 Å². The second-order valence-corrected chi connectivity index (χ2v) is 6.20. The van der Waals surface area contributed by atoms with E-state index in [1.54, 1.807) is 4.90 Å². The summed E-state index contributed by atoms with van der Waals surface area (Å²) in [5, 5.41) is 3.51. The molecular formula is C15H20ClF3N2.